The highest BCUT2D eigenvalue weighted by Crippen LogP contribution is 1.95. The maximum atomic E-state index is 11.5. The number of sulfonamides is 1. The lowest BCUT2D eigenvalue weighted by Gasteiger charge is -2.04. The topological polar surface area (TPSA) is 127 Å². The molecule has 0 aliphatic heterocycles. The van der Waals surface area contributed by atoms with Gasteiger partial charge in [-0.25, -0.2) is 23.1 Å². The van der Waals surface area contributed by atoms with Crippen LogP contribution in [0.4, 0.5) is 5.82 Å². The van der Waals surface area contributed by atoms with Crippen molar-refractivity contribution in [2.24, 2.45) is 0 Å². The second kappa shape index (κ2) is 5.55. The number of aromatic nitrogens is 2. The van der Waals surface area contributed by atoms with Crippen LogP contribution >= 0.6 is 0 Å². The third-order valence-electron chi connectivity index (χ3n) is 1.87. The third kappa shape index (κ3) is 4.33. The molecule has 0 radical (unpaired) electrons. The lowest BCUT2D eigenvalue weighted by Crippen LogP contribution is -2.33. The predicted molar refractivity (Wildman–Crippen MR) is 61.6 cm³/mol. The van der Waals surface area contributed by atoms with Crippen LogP contribution in [0.15, 0.2) is 12.4 Å². The van der Waals surface area contributed by atoms with E-state index in [-0.39, 0.29) is 23.8 Å². The molecule has 0 bridgehead atoms. The van der Waals surface area contributed by atoms with Crippen molar-refractivity contribution in [3.8, 4) is 0 Å². The zero-order chi connectivity index (χ0) is 12.9. The Balaban J connectivity index is 2.48. The van der Waals surface area contributed by atoms with Gasteiger partial charge in [0.15, 0.2) is 0 Å². The lowest BCUT2D eigenvalue weighted by molar-refractivity contribution is 0.0951. The monoisotopic (exact) mass is 259 g/mol. The molecule has 1 amide bonds. The number of nitrogen functional groups attached to an aromatic ring is 1. The van der Waals surface area contributed by atoms with E-state index >= 15 is 0 Å². The largest absolute Gasteiger partial charge is 0.382 e. The minimum Gasteiger partial charge on any atom is -0.382 e. The minimum atomic E-state index is -3.32. The van der Waals surface area contributed by atoms with Crippen LogP contribution < -0.4 is 15.8 Å². The quantitative estimate of drug-likeness (QED) is 0.580. The Labute approximate surface area is 98.7 Å². The van der Waals surface area contributed by atoms with E-state index in [0.29, 0.717) is 0 Å². The zero-order valence-electron chi connectivity index (χ0n) is 9.17. The Morgan fingerprint density at radius 3 is 2.65 bits per heavy atom. The Kier molecular flexibility index (Phi) is 4.35. The van der Waals surface area contributed by atoms with E-state index in [9.17, 15) is 13.2 Å². The van der Waals surface area contributed by atoms with Gasteiger partial charge in [-0.3, -0.25) is 4.79 Å². The fourth-order valence-corrected chi connectivity index (χ4v) is 1.52. The van der Waals surface area contributed by atoms with Crippen molar-refractivity contribution in [1.82, 2.24) is 20.0 Å². The predicted octanol–water partition coefficient (Wildman–Crippen LogP) is -1.66. The van der Waals surface area contributed by atoms with Crippen molar-refractivity contribution in [2.45, 2.75) is 0 Å². The summed E-state index contributed by atoms with van der Waals surface area (Å²) in [6, 6.07) is 0. The van der Waals surface area contributed by atoms with Crippen LogP contribution in [0.5, 0.6) is 0 Å². The van der Waals surface area contributed by atoms with Crippen molar-refractivity contribution >= 4 is 21.7 Å². The van der Waals surface area contributed by atoms with Gasteiger partial charge in [-0.2, -0.15) is 0 Å². The van der Waals surface area contributed by atoms with Gasteiger partial charge in [-0.05, 0) is 7.05 Å². The van der Waals surface area contributed by atoms with Crippen molar-refractivity contribution < 1.29 is 13.2 Å². The second-order valence-corrected chi connectivity index (χ2v) is 5.15. The normalized spacial score (nSPS) is 11.1. The molecule has 1 aromatic rings. The number of hydrogen-bond acceptors (Lipinski definition) is 6. The molecule has 4 N–H and O–H groups in total. The first kappa shape index (κ1) is 13.3. The number of hydrogen-bond donors (Lipinski definition) is 3. The molecule has 1 aromatic heterocycles. The average molecular weight is 259 g/mol. The van der Waals surface area contributed by atoms with Gasteiger partial charge in [0.1, 0.15) is 11.5 Å². The van der Waals surface area contributed by atoms with Gasteiger partial charge in [-0.15, -0.1) is 0 Å². The number of nitrogens with one attached hydrogen (secondary N) is 2. The van der Waals surface area contributed by atoms with Crippen molar-refractivity contribution in [1.29, 1.82) is 0 Å². The number of amides is 1. The van der Waals surface area contributed by atoms with Crippen LogP contribution in [-0.4, -0.2) is 43.6 Å². The maximum Gasteiger partial charge on any atom is 0.271 e. The molecule has 0 saturated heterocycles. The molecule has 0 saturated carbocycles. The molecule has 0 aliphatic carbocycles. The van der Waals surface area contributed by atoms with Crippen LogP contribution in [0.25, 0.3) is 0 Å². The summed E-state index contributed by atoms with van der Waals surface area (Å²) >= 11 is 0. The molecule has 17 heavy (non-hydrogen) atoms. The van der Waals surface area contributed by atoms with Gasteiger partial charge in [-0.1, -0.05) is 0 Å². The van der Waals surface area contributed by atoms with E-state index in [1.165, 1.54) is 19.4 Å². The maximum absolute atomic E-state index is 11.5. The molecular formula is C8H13N5O3S. The molecule has 8 nitrogen and oxygen atoms in total. The third-order valence-corrected chi connectivity index (χ3v) is 3.24. The zero-order valence-corrected chi connectivity index (χ0v) is 9.99. The summed E-state index contributed by atoms with van der Waals surface area (Å²) in [7, 11) is -2.02. The van der Waals surface area contributed by atoms with E-state index in [2.05, 4.69) is 20.0 Å². The number of carbonyl (C=O) groups excluding carboxylic acids is 1. The first-order valence-corrected chi connectivity index (χ1v) is 6.37. The number of nitrogens with zero attached hydrogens (tertiary/aromatic N) is 2. The average Bonchev–Trinajstić information content (AvgIpc) is 2.29. The second-order valence-electron chi connectivity index (χ2n) is 3.11. The van der Waals surface area contributed by atoms with Gasteiger partial charge >= 0.3 is 0 Å². The summed E-state index contributed by atoms with van der Waals surface area (Å²) in [5.74, 6) is -0.486. The molecule has 0 fully saturated rings. The van der Waals surface area contributed by atoms with Crippen LogP contribution in [-0.2, 0) is 10.0 Å². The van der Waals surface area contributed by atoms with Gasteiger partial charge in [0, 0.05) is 6.54 Å². The highest BCUT2D eigenvalue weighted by Gasteiger charge is 2.10. The summed E-state index contributed by atoms with van der Waals surface area (Å²) in [4.78, 5) is 18.9. The summed E-state index contributed by atoms with van der Waals surface area (Å²) in [6.45, 7) is -0.00589. The molecular weight excluding hydrogens is 246 g/mol. The van der Waals surface area contributed by atoms with Crippen molar-refractivity contribution in [3.63, 3.8) is 0 Å². The van der Waals surface area contributed by atoms with Crippen LogP contribution in [0.1, 0.15) is 10.5 Å². The minimum absolute atomic E-state index is 0.00589. The SMILES string of the molecule is CNS(=O)(=O)CCNC(=O)c1cnc(N)cn1. The first-order chi connectivity index (χ1) is 7.94. The van der Waals surface area contributed by atoms with Crippen molar-refractivity contribution in [3.05, 3.63) is 18.1 Å². The molecule has 94 valence electrons. The molecule has 0 spiro atoms. The summed E-state index contributed by atoms with van der Waals surface area (Å²) in [5.41, 5.74) is 5.39. The number of nitrogens with two attached hydrogens (primary N) is 1. The highest BCUT2D eigenvalue weighted by atomic mass is 32.2. The molecule has 0 atom stereocenters. The van der Waals surface area contributed by atoms with E-state index in [1.54, 1.807) is 0 Å². The molecule has 1 rings (SSSR count). The van der Waals surface area contributed by atoms with E-state index < -0.39 is 15.9 Å². The van der Waals surface area contributed by atoms with Gasteiger partial charge in [0.25, 0.3) is 5.91 Å². The molecule has 1 heterocycles. The Bertz CT molecular complexity index is 484. The number of anilines is 1. The summed E-state index contributed by atoms with van der Waals surface area (Å²) in [5, 5.41) is 2.41. The van der Waals surface area contributed by atoms with E-state index in [1.807, 2.05) is 0 Å². The highest BCUT2D eigenvalue weighted by molar-refractivity contribution is 7.89. The fraction of sp³-hybridized carbons (Fsp3) is 0.375. The Morgan fingerprint density at radius 2 is 2.12 bits per heavy atom. The van der Waals surface area contributed by atoms with Crippen molar-refractivity contribution in [2.75, 3.05) is 25.1 Å². The fourth-order valence-electron chi connectivity index (χ4n) is 0.947. The molecule has 9 heteroatoms. The lowest BCUT2D eigenvalue weighted by atomic mass is 10.4. The van der Waals surface area contributed by atoms with E-state index in [4.69, 9.17) is 5.73 Å². The van der Waals surface area contributed by atoms with Gasteiger partial charge < -0.3 is 11.1 Å². The van der Waals surface area contributed by atoms with Gasteiger partial charge in [0.05, 0.1) is 18.1 Å². The first-order valence-electron chi connectivity index (χ1n) is 4.71. The molecule has 0 unspecified atom stereocenters. The summed E-state index contributed by atoms with van der Waals surface area (Å²) < 4.78 is 24.2. The van der Waals surface area contributed by atoms with Gasteiger partial charge in [0.2, 0.25) is 10.0 Å². The smallest absolute Gasteiger partial charge is 0.271 e. The number of rotatable bonds is 5. The Morgan fingerprint density at radius 1 is 1.41 bits per heavy atom. The Hall–Kier alpha value is -1.74. The summed E-state index contributed by atoms with van der Waals surface area (Å²) in [6.07, 6.45) is 2.47. The van der Waals surface area contributed by atoms with Crippen LogP contribution in [0.3, 0.4) is 0 Å². The number of carbonyl (C=O) groups is 1. The molecule has 0 aliphatic rings. The standard InChI is InChI=1S/C8H13N5O3S/c1-10-17(15,16)3-2-11-8(14)6-4-13-7(9)5-12-6/h4-5,10H,2-3H2,1H3,(H2,9,13)(H,11,14). The van der Waals surface area contributed by atoms with Crippen LogP contribution in [0, 0.1) is 0 Å². The van der Waals surface area contributed by atoms with E-state index in [0.717, 1.165) is 0 Å². The van der Waals surface area contributed by atoms with Crippen LogP contribution in [0.2, 0.25) is 0 Å². The molecule has 0 aromatic carbocycles.